The summed E-state index contributed by atoms with van der Waals surface area (Å²) < 4.78 is 5.34. The molecule has 0 bridgehead atoms. The average Bonchev–Trinajstić information content (AvgIpc) is 2.77. The second-order valence-corrected chi connectivity index (χ2v) is 9.31. The molecule has 2 amide bonds. The van der Waals surface area contributed by atoms with Crippen LogP contribution in [0.5, 0.6) is 0 Å². The predicted octanol–water partition coefficient (Wildman–Crippen LogP) is 3.45. The molecule has 0 radical (unpaired) electrons. The van der Waals surface area contributed by atoms with Crippen molar-refractivity contribution in [2.75, 3.05) is 7.05 Å². The van der Waals surface area contributed by atoms with Gasteiger partial charge in [0.2, 0.25) is 5.91 Å². The van der Waals surface area contributed by atoms with Crippen molar-refractivity contribution in [2.45, 2.75) is 70.4 Å². The van der Waals surface area contributed by atoms with Gasteiger partial charge >= 0.3 is 6.09 Å². The highest BCUT2D eigenvalue weighted by Crippen LogP contribution is 2.21. The van der Waals surface area contributed by atoms with Crippen molar-refractivity contribution in [3.05, 3.63) is 71.8 Å². The van der Waals surface area contributed by atoms with E-state index in [9.17, 15) is 19.8 Å². The first-order chi connectivity index (χ1) is 15.5. The molecule has 0 aliphatic carbocycles. The molecule has 0 spiro atoms. The number of aliphatic hydroxyl groups excluding tert-OH is 2. The summed E-state index contributed by atoms with van der Waals surface area (Å²) in [5.41, 5.74) is 0.927. The van der Waals surface area contributed by atoms with Gasteiger partial charge in [-0.3, -0.25) is 4.79 Å². The first-order valence-corrected chi connectivity index (χ1v) is 11.2. The van der Waals surface area contributed by atoms with Crippen LogP contribution < -0.4 is 5.32 Å². The standard InChI is InChI=1S/C26H36N2O5/c1-18(24(31)20-14-10-7-11-15-20)28(5)23(30)17-22(29)21(16-19-12-8-6-9-13-19)27-25(32)33-26(2,3)4/h6-15,18,21-22,24,29,31H,16-17H2,1-5H3,(H,27,32)/t18-,21-,22+,24+/m1/s1. The zero-order valence-electron chi connectivity index (χ0n) is 20.1. The van der Waals surface area contributed by atoms with Gasteiger partial charge < -0.3 is 25.2 Å². The van der Waals surface area contributed by atoms with Gasteiger partial charge in [-0.1, -0.05) is 60.7 Å². The van der Waals surface area contributed by atoms with E-state index in [2.05, 4.69) is 5.32 Å². The minimum atomic E-state index is -1.14. The van der Waals surface area contributed by atoms with Crippen LogP contribution in [0.1, 0.15) is 51.3 Å². The first kappa shape index (κ1) is 26.4. The van der Waals surface area contributed by atoms with Crippen LogP contribution in [0.2, 0.25) is 0 Å². The zero-order valence-corrected chi connectivity index (χ0v) is 20.1. The lowest BCUT2D eigenvalue weighted by atomic mass is 9.98. The number of nitrogens with zero attached hydrogens (tertiary/aromatic N) is 1. The number of rotatable bonds is 9. The number of benzene rings is 2. The fourth-order valence-electron chi connectivity index (χ4n) is 3.44. The third-order valence-corrected chi connectivity index (χ3v) is 5.45. The van der Waals surface area contributed by atoms with Gasteiger partial charge in [-0.25, -0.2) is 4.79 Å². The molecule has 2 aromatic carbocycles. The van der Waals surface area contributed by atoms with E-state index in [1.165, 1.54) is 4.90 Å². The molecule has 7 heteroatoms. The number of hydrogen-bond donors (Lipinski definition) is 3. The van der Waals surface area contributed by atoms with Crippen molar-refractivity contribution in [1.82, 2.24) is 10.2 Å². The normalized spacial score (nSPS) is 15.1. The second-order valence-electron chi connectivity index (χ2n) is 9.31. The summed E-state index contributed by atoms with van der Waals surface area (Å²) in [5, 5.41) is 24.3. The lowest BCUT2D eigenvalue weighted by Crippen LogP contribution is -2.49. The molecule has 0 saturated carbocycles. The lowest BCUT2D eigenvalue weighted by molar-refractivity contribution is -0.136. The molecule has 7 nitrogen and oxygen atoms in total. The summed E-state index contributed by atoms with van der Waals surface area (Å²) in [6.07, 6.45) is -2.54. The maximum absolute atomic E-state index is 12.9. The predicted molar refractivity (Wildman–Crippen MR) is 128 cm³/mol. The number of hydrogen-bond acceptors (Lipinski definition) is 5. The van der Waals surface area contributed by atoms with Crippen molar-refractivity contribution in [3.63, 3.8) is 0 Å². The maximum atomic E-state index is 12.9. The van der Waals surface area contributed by atoms with E-state index in [1.54, 1.807) is 46.9 Å². The van der Waals surface area contributed by atoms with E-state index in [0.29, 0.717) is 12.0 Å². The second kappa shape index (κ2) is 11.8. The van der Waals surface area contributed by atoms with Gasteiger partial charge in [0, 0.05) is 7.05 Å². The molecular formula is C26H36N2O5. The summed E-state index contributed by atoms with van der Waals surface area (Å²) in [5.74, 6) is -0.339. The van der Waals surface area contributed by atoms with E-state index in [4.69, 9.17) is 4.74 Å². The Morgan fingerprint density at radius 2 is 1.55 bits per heavy atom. The van der Waals surface area contributed by atoms with E-state index in [-0.39, 0.29) is 12.3 Å². The molecule has 0 saturated heterocycles. The quantitative estimate of drug-likeness (QED) is 0.537. The Labute approximate surface area is 196 Å². The summed E-state index contributed by atoms with van der Waals surface area (Å²) in [6.45, 7) is 7.02. The van der Waals surface area contributed by atoms with Gasteiger partial charge in [0.1, 0.15) is 5.60 Å². The third-order valence-electron chi connectivity index (χ3n) is 5.45. The maximum Gasteiger partial charge on any atom is 0.407 e. The van der Waals surface area contributed by atoms with Crippen LogP contribution in [-0.4, -0.2) is 57.9 Å². The van der Waals surface area contributed by atoms with E-state index in [1.807, 2.05) is 48.5 Å². The van der Waals surface area contributed by atoms with Crippen LogP contribution in [0.3, 0.4) is 0 Å². The summed E-state index contributed by atoms with van der Waals surface area (Å²) in [6, 6.07) is 17.3. The van der Waals surface area contributed by atoms with Gasteiger partial charge in [0.25, 0.3) is 0 Å². The zero-order chi connectivity index (χ0) is 24.6. The highest BCUT2D eigenvalue weighted by molar-refractivity contribution is 5.77. The van der Waals surface area contributed by atoms with Gasteiger partial charge in [0.05, 0.1) is 30.7 Å². The van der Waals surface area contributed by atoms with Crippen LogP contribution in [0.4, 0.5) is 4.79 Å². The number of likely N-dealkylation sites (N-methyl/N-ethyl adjacent to an activating group) is 1. The highest BCUT2D eigenvalue weighted by Gasteiger charge is 2.30. The van der Waals surface area contributed by atoms with Crippen molar-refractivity contribution in [1.29, 1.82) is 0 Å². The molecule has 2 aromatic rings. The monoisotopic (exact) mass is 456 g/mol. The summed E-state index contributed by atoms with van der Waals surface area (Å²) >= 11 is 0. The molecule has 180 valence electrons. The van der Waals surface area contributed by atoms with E-state index in [0.717, 1.165) is 5.56 Å². The van der Waals surface area contributed by atoms with Crippen LogP contribution in [0.15, 0.2) is 60.7 Å². The van der Waals surface area contributed by atoms with E-state index >= 15 is 0 Å². The Hall–Kier alpha value is -2.90. The molecule has 4 atom stereocenters. The lowest BCUT2D eigenvalue weighted by Gasteiger charge is -2.31. The molecule has 0 aliphatic heterocycles. The van der Waals surface area contributed by atoms with Crippen molar-refractivity contribution < 1.29 is 24.5 Å². The Morgan fingerprint density at radius 3 is 2.09 bits per heavy atom. The number of amides is 2. The minimum Gasteiger partial charge on any atom is -0.444 e. The number of carbonyl (C=O) groups is 2. The number of carbonyl (C=O) groups excluding carboxylic acids is 2. The van der Waals surface area contributed by atoms with Gasteiger partial charge in [-0.15, -0.1) is 0 Å². The van der Waals surface area contributed by atoms with Gasteiger partial charge in [-0.05, 0) is 45.2 Å². The molecule has 0 fully saturated rings. The van der Waals surface area contributed by atoms with E-state index < -0.39 is 36.0 Å². The number of ether oxygens (including phenoxy) is 1. The molecule has 2 rings (SSSR count). The van der Waals surface area contributed by atoms with Crippen LogP contribution in [-0.2, 0) is 16.0 Å². The Kier molecular flexibility index (Phi) is 9.44. The molecule has 0 heterocycles. The highest BCUT2D eigenvalue weighted by atomic mass is 16.6. The molecule has 3 N–H and O–H groups in total. The van der Waals surface area contributed by atoms with Crippen molar-refractivity contribution >= 4 is 12.0 Å². The summed E-state index contributed by atoms with van der Waals surface area (Å²) in [7, 11) is 1.60. The number of aliphatic hydroxyl groups is 2. The van der Waals surface area contributed by atoms with Crippen LogP contribution >= 0.6 is 0 Å². The van der Waals surface area contributed by atoms with Gasteiger partial charge in [-0.2, -0.15) is 0 Å². The topological polar surface area (TPSA) is 99.1 Å². The molecule has 0 unspecified atom stereocenters. The largest absolute Gasteiger partial charge is 0.444 e. The third kappa shape index (κ3) is 8.51. The minimum absolute atomic E-state index is 0.213. The molecule has 0 aromatic heterocycles. The molecular weight excluding hydrogens is 420 g/mol. The average molecular weight is 457 g/mol. The Bertz CT molecular complexity index is 883. The Morgan fingerprint density at radius 1 is 1.00 bits per heavy atom. The fraction of sp³-hybridized carbons (Fsp3) is 0.462. The first-order valence-electron chi connectivity index (χ1n) is 11.2. The van der Waals surface area contributed by atoms with Crippen molar-refractivity contribution in [2.24, 2.45) is 0 Å². The summed E-state index contributed by atoms with van der Waals surface area (Å²) in [4.78, 5) is 26.7. The molecule has 0 aliphatic rings. The molecule has 33 heavy (non-hydrogen) atoms. The van der Waals surface area contributed by atoms with Crippen molar-refractivity contribution in [3.8, 4) is 0 Å². The number of nitrogens with one attached hydrogen (secondary N) is 1. The van der Waals surface area contributed by atoms with Crippen LogP contribution in [0, 0.1) is 0 Å². The fourth-order valence-corrected chi connectivity index (χ4v) is 3.44. The smallest absolute Gasteiger partial charge is 0.407 e. The SMILES string of the molecule is C[C@H]([C@H](O)c1ccccc1)N(C)C(=O)C[C@H](O)[C@@H](Cc1ccccc1)NC(=O)OC(C)(C)C. The Balaban J connectivity index is 2.08. The number of alkyl carbamates (subject to hydrolysis) is 1. The van der Waals surface area contributed by atoms with Crippen LogP contribution in [0.25, 0.3) is 0 Å². The van der Waals surface area contributed by atoms with Gasteiger partial charge in [0.15, 0.2) is 0 Å².